The molecule has 0 saturated carbocycles. The number of ether oxygens (including phenoxy) is 3. The van der Waals surface area contributed by atoms with Gasteiger partial charge >= 0.3 is 18.2 Å². The number of methoxy groups -OCH3 is 2. The van der Waals surface area contributed by atoms with Crippen molar-refractivity contribution in [1.82, 2.24) is 10.6 Å². The lowest BCUT2D eigenvalue weighted by Crippen LogP contribution is -2.47. The van der Waals surface area contributed by atoms with Crippen molar-refractivity contribution in [3.8, 4) is 0 Å². The zero-order valence-electron chi connectivity index (χ0n) is 15.5. The third-order valence-corrected chi connectivity index (χ3v) is 3.74. The Hall–Kier alpha value is -2.81. The predicted octanol–water partition coefficient (Wildman–Crippen LogP) is 1.34. The first-order valence-corrected chi connectivity index (χ1v) is 8.52. The third-order valence-electron chi connectivity index (χ3n) is 3.74. The van der Waals surface area contributed by atoms with Crippen molar-refractivity contribution in [2.24, 2.45) is 0 Å². The Labute approximate surface area is 158 Å². The number of aliphatic hydroxyl groups is 1. The van der Waals surface area contributed by atoms with Crippen LogP contribution >= 0.6 is 0 Å². The van der Waals surface area contributed by atoms with Gasteiger partial charge in [0.05, 0.1) is 20.3 Å². The van der Waals surface area contributed by atoms with Crippen molar-refractivity contribution < 1.29 is 33.7 Å². The number of aliphatic hydroxyl groups excluding tert-OH is 1. The van der Waals surface area contributed by atoms with Crippen LogP contribution in [0.4, 0.5) is 9.59 Å². The third kappa shape index (κ3) is 8.91. The molecule has 0 saturated heterocycles. The molecule has 9 heteroatoms. The lowest BCUT2D eigenvalue weighted by Gasteiger charge is -2.22. The standard InChI is InChI=1S/C18H26N2O7/c1-25-16(22)15(21)14(10-6-7-11-19-17(23)26-2)20-18(24)27-12-13-8-4-3-5-9-13/h3-5,8-9,14-15,21H,6-7,10-12H2,1-2H3,(H,19,23)(H,20,24). The van der Waals surface area contributed by atoms with Gasteiger partial charge in [-0.2, -0.15) is 0 Å². The molecule has 27 heavy (non-hydrogen) atoms. The first-order chi connectivity index (χ1) is 13.0. The largest absolute Gasteiger partial charge is 0.467 e. The molecule has 0 bridgehead atoms. The number of esters is 1. The summed E-state index contributed by atoms with van der Waals surface area (Å²) in [6.07, 6.45) is -1.42. The predicted molar refractivity (Wildman–Crippen MR) is 95.8 cm³/mol. The molecule has 0 spiro atoms. The Bertz CT molecular complexity index is 595. The fourth-order valence-corrected chi connectivity index (χ4v) is 2.26. The van der Waals surface area contributed by atoms with Gasteiger partial charge in [0.2, 0.25) is 0 Å². The summed E-state index contributed by atoms with van der Waals surface area (Å²) in [7, 11) is 2.42. The highest BCUT2D eigenvalue weighted by Gasteiger charge is 2.28. The van der Waals surface area contributed by atoms with Crippen LogP contribution in [0.2, 0.25) is 0 Å². The quantitative estimate of drug-likeness (QED) is 0.317. The molecule has 2 amide bonds. The van der Waals surface area contributed by atoms with Crippen LogP contribution < -0.4 is 10.6 Å². The highest BCUT2D eigenvalue weighted by atomic mass is 16.6. The van der Waals surface area contributed by atoms with Crippen LogP contribution in [-0.2, 0) is 25.6 Å². The number of rotatable bonds is 10. The van der Waals surface area contributed by atoms with E-state index < -0.39 is 30.3 Å². The number of hydrogen-bond acceptors (Lipinski definition) is 7. The van der Waals surface area contributed by atoms with E-state index in [2.05, 4.69) is 20.1 Å². The Morgan fingerprint density at radius 1 is 1.04 bits per heavy atom. The number of hydrogen-bond donors (Lipinski definition) is 3. The normalized spacial score (nSPS) is 12.4. The van der Waals surface area contributed by atoms with Gasteiger partial charge in [-0.1, -0.05) is 30.3 Å². The van der Waals surface area contributed by atoms with E-state index in [1.54, 1.807) is 0 Å². The molecule has 0 fully saturated rings. The van der Waals surface area contributed by atoms with E-state index in [0.717, 1.165) is 12.7 Å². The fourth-order valence-electron chi connectivity index (χ4n) is 2.26. The molecule has 150 valence electrons. The van der Waals surface area contributed by atoms with Crippen LogP contribution in [0.5, 0.6) is 0 Å². The molecular weight excluding hydrogens is 356 g/mol. The Balaban J connectivity index is 2.48. The molecule has 9 nitrogen and oxygen atoms in total. The number of carbonyl (C=O) groups is 3. The van der Waals surface area contributed by atoms with Crippen LogP contribution in [0.15, 0.2) is 30.3 Å². The molecule has 1 aromatic rings. The molecule has 0 aromatic heterocycles. The molecule has 0 heterocycles. The van der Waals surface area contributed by atoms with Gasteiger partial charge in [-0.05, 0) is 24.8 Å². The molecule has 0 aliphatic heterocycles. The molecule has 2 unspecified atom stereocenters. The molecule has 0 radical (unpaired) electrons. The zero-order valence-corrected chi connectivity index (χ0v) is 15.5. The second-order valence-electron chi connectivity index (χ2n) is 5.69. The Morgan fingerprint density at radius 2 is 1.74 bits per heavy atom. The summed E-state index contributed by atoms with van der Waals surface area (Å²) in [6, 6.07) is 8.23. The van der Waals surface area contributed by atoms with Gasteiger partial charge in [-0.25, -0.2) is 14.4 Å². The minimum Gasteiger partial charge on any atom is -0.467 e. The zero-order chi connectivity index (χ0) is 20.1. The minimum absolute atomic E-state index is 0.0662. The van der Waals surface area contributed by atoms with Crippen LogP contribution in [0.3, 0.4) is 0 Å². The average Bonchev–Trinajstić information content (AvgIpc) is 2.70. The van der Waals surface area contributed by atoms with Gasteiger partial charge in [0.25, 0.3) is 0 Å². The summed E-state index contributed by atoms with van der Waals surface area (Å²) < 4.78 is 14.1. The van der Waals surface area contributed by atoms with Crippen molar-refractivity contribution in [1.29, 1.82) is 0 Å². The van der Waals surface area contributed by atoms with E-state index in [0.29, 0.717) is 25.8 Å². The van der Waals surface area contributed by atoms with Gasteiger partial charge in [0.15, 0.2) is 6.10 Å². The Morgan fingerprint density at radius 3 is 2.37 bits per heavy atom. The maximum Gasteiger partial charge on any atom is 0.407 e. The number of nitrogens with one attached hydrogen (secondary N) is 2. The van der Waals surface area contributed by atoms with Crippen molar-refractivity contribution >= 4 is 18.2 Å². The molecule has 1 aromatic carbocycles. The van der Waals surface area contributed by atoms with Gasteiger partial charge in [0.1, 0.15) is 6.61 Å². The topological polar surface area (TPSA) is 123 Å². The van der Waals surface area contributed by atoms with Gasteiger partial charge in [-0.3, -0.25) is 0 Å². The van der Waals surface area contributed by atoms with Crippen molar-refractivity contribution in [3.63, 3.8) is 0 Å². The van der Waals surface area contributed by atoms with Gasteiger partial charge in [0, 0.05) is 6.54 Å². The van der Waals surface area contributed by atoms with Crippen LogP contribution in [-0.4, -0.2) is 56.2 Å². The summed E-state index contributed by atoms with van der Waals surface area (Å²) >= 11 is 0. The van der Waals surface area contributed by atoms with E-state index in [1.165, 1.54) is 7.11 Å². The summed E-state index contributed by atoms with van der Waals surface area (Å²) in [4.78, 5) is 34.6. The second kappa shape index (κ2) is 12.5. The molecule has 0 aliphatic rings. The van der Waals surface area contributed by atoms with Crippen molar-refractivity contribution in [3.05, 3.63) is 35.9 Å². The van der Waals surface area contributed by atoms with E-state index in [-0.39, 0.29) is 6.61 Å². The van der Waals surface area contributed by atoms with E-state index in [1.807, 2.05) is 30.3 Å². The van der Waals surface area contributed by atoms with E-state index in [9.17, 15) is 19.5 Å². The lowest BCUT2D eigenvalue weighted by atomic mass is 10.0. The smallest absolute Gasteiger partial charge is 0.407 e. The highest BCUT2D eigenvalue weighted by Crippen LogP contribution is 2.08. The van der Waals surface area contributed by atoms with Crippen LogP contribution in [0.25, 0.3) is 0 Å². The van der Waals surface area contributed by atoms with Crippen molar-refractivity contribution in [2.75, 3.05) is 20.8 Å². The SMILES string of the molecule is COC(=O)NCCCCC(NC(=O)OCc1ccccc1)C(O)C(=O)OC. The molecular formula is C18H26N2O7. The number of alkyl carbamates (subject to hydrolysis) is 2. The molecule has 0 aliphatic carbocycles. The number of benzene rings is 1. The summed E-state index contributed by atoms with van der Waals surface area (Å²) in [5.41, 5.74) is 0.812. The molecule has 2 atom stereocenters. The Kier molecular flexibility index (Phi) is 10.3. The minimum atomic E-state index is -1.52. The number of amides is 2. The summed E-state index contributed by atoms with van der Waals surface area (Å²) in [5, 5.41) is 15.1. The lowest BCUT2D eigenvalue weighted by molar-refractivity contribution is -0.152. The van der Waals surface area contributed by atoms with Crippen LogP contribution in [0.1, 0.15) is 24.8 Å². The molecule has 3 N–H and O–H groups in total. The van der Waals surface area contributed by atoms with Crippen molar-refractivity contribution in [2.45, 2.75) is 38.0 Å². The number of unbranched alkanes of at least 4 members (excludes halogenated alkanes) is 1. The number of carbonyl (C=O) groups excluding carboxylic acids is 3. The average molecular weight is 382 g/mol. The van der Waals surface area contributed by atoms with Gasteiger partial charge < -0.3 is 30.0 Å². The first-order valence-electron chi connectivity index (χ1n) is 8.52. The summed E-state index contributed by atoms with van der Waals surface area (Å²) in [5.74, 6) is -0.851. The fraction of sp³-hybridized carbons (Fsp3) is 0.500. The molecule has 1 rings (SSSR count). The summed E-state index contributed by atoms with van der Waals surface area (Å²) in [6.45, 7) is 0.433. The highest BCUT2D eigenvalue weighted by molar-refractivity contribution is 5.76. The monoisotopic (exact) mass is 382 g/mol. The van der Waals surface area contributed by atoms with Gasteiger partial charge in [-0.15, -0.1) is 0 Å². The first kappa shape index (κ1) is 22.2. The second-order valence-corrected chi connectivity index (χ2v) is 5.69. The van der Waals surface area contributed by atoms with Crippen LogP contribution in [0, 0.1) is 0 Å². The maximum absolute atomic E-state index is 12.0. The van der Waals surface area contributed by atoms with E-state index >= 15 is 0 Å². The van der Waals surface area contributed by atoms with E-state index in [4.69, 9.17) is 4.74 Å². The maximum atomic E-state index is 12.0.